The molecule has 1 heterocycles. The van der Waals surface area contributed by atoms with Crippen LogP contribution in [0.3, 0.4) is 0 Å². The molecule has 1 saturated heterocycles. The van der Waals surface area contributed by atoms with E-state index >= 15 is 0 Å². The largest absolute Gasteiger partial charge is 0.506 e. The van der Waals surface area contributed by atoms with Gasteiger partial charge in [0.25, 0.3) is 0 Å². The Hall–Kier alpha value is -0.770. The van der Waals surface area contributed by atoms with Gasteiger partial charge in [-0.3, -0.25) is 4.90 Å². The molecule has 16 heavy (non-hydrogen) atoms. The third-order valence-corrected chi connectivity index (χ3v) is 3.65. The fourth-order valence-corrected chi connectivity index (χ4v) is 2.62. The van der Waals surface area contributed by atoms with Crippen LogP contribution in [0, 0.1) is 5.92 Å². The van der Waals surface area contributed by atoms with E-state index in [2.05, 4.69) is 11.9 Å². The molecule has 0 bridgehead atoms. The van der Waals surface area contributed by atoms with Gasteiger partial charge in [0.05, 0.1) is 5.02 Å². The van der Waals surface area contributed by atoms with Crippen LogP contribution in [-0.2, 0) is 0 Å². The zero-order chi connectivity index (χ0) is 11.7. The summed E-state index contributed by atoms with van der Waals surface area (Å²) in [6.07, 6.45) is 0.987. The average molecular weight is 241 g/mol. The monoisotopic (exact) mass is 240 g/mol. The summed E-state index contributed by atoms with van der Waals surface area (Å²) in [5, 5.41) is 10.4. The minimum atomic E-state index is 0.207. The van der Waals surface area contributed by atoms with Crippen molar-refractivity contribution in [3.8, 4) is 5.75 Å². The van der Waals surface area contributed by atoms with Crippen molar-refractivity contribution in [2.75, 3.05) is 20.1 Å². The number of benzene rings is 1. The van der Waals surface area contributed by atoms with Gasteiger partial charge in [-0.05, 0) is 32.0 Å². The van der Waals surface area contributed by atoms with Crippen molar-refractivity contribution >= 4 is 11.6 Å². The summed E-state index contributed by atoms with van der Waals surface area (Å²) < 4.78 is 0. The van der Waals surface area contributed by atoms with Crippen molar-refractivity contribution in [2.45, 2.75) is 12.5 Å². The van der Waals surface area contributed by atoms with E-state index in [1.165, 1.54) is 0 Å². The molecule has 4 heteroatoms. The molecule has 2 rings (SSSR count). The lowest BCUT2D eigenvalue weighted by Crippen LogP contribution is -2.20. The third-order valence-electron chi connectivity index (χ3n) is 3.35. The lowest BCUT2D eigenvalue weighted by Gasteiger charge is -2.20. The Morgan fingerprint density at radius 2 is 2.31 bits per heavy atom. The second kappa shape index (κ2) is 4.62. The number of phenolic OH excluding ortho intramolecular Hbond substituents is 1. The lowest BCUT2D eigenvalue weighted by atomic mass is 9.99. The number of likely N-dealkylation sites (tertiary alicyclic amines) is 1. The Labute approximate surface area is 101 Å². The van der Waals surface area contributed by atoms with E-state index in [0.29, 0.717) is 17.5 Å². The molecule has 1 aliphatic rings. The van der Waals surface area contributed by atoms with Gasteiger partial charge in [0.1, 0.15) is 5.75 Å². The number of nitrogens with two attached hydrogens (primary N) is 1. The molecule has 2 atom stereocenters. The highest BCUT2D eigenvalue weighted by Gasteiger charge is 2.31. The molecular formula is C12H17ClN2O. The Kier molecular flexibility index (Phi) is 3.38. The number of rotatable bonds is 2. The highest BCUT2D eigenvalue weighted by Crippen LogP contribution is 2.40. The summed E-state index contributed by atoms with van der Waals surface area (Å²) in [6.45, 7) is 1.68. The van der Waals surface area contributed by atoms with Gasteiger partial charge in [-0.25, -0.2) is 0 Å². The van der Waals surface area contributed by atoms with Crippen LogP contribution < -0.4 is 5.73 Å². The second-order valence-electron chi connectivity index (χ2n) is 4.47. The van der Waals surface area contributed by atoms with E-state index in [-0.39, 0.29) is 11.8 Å². The van der Waals surface area contributed by atoms with Crippen LogP contribution >= 0.6 is 11.6 Å². The fourth-order valence-electron chi connectivity index (χ4n) is 2.44. The van der Waals surface area contributed by atoms with Crippen LogP contribution in [0.2, 0.25) is 5.02 Å². The van der Waals surface area contributed by atoms with E-state index in [1.54, 1.807) is 6.07 Å². The van der Waals surface area contributed by atoms with Crippen LogP contribution in [0.15, 0.2) is 18.2 Å². The first-order valence-electron chi connectivity index (χ1n) is 5.51. The molecule has 88 valence electrons. The maximum Gasteiger partial charge on any atom is 0.138 e. The number of aromatic hydroxyl groups is 1. The van der Waals surface area contributed by atoms with Crippen LogP contribution in [0.4, 0.5) is 0 Å². The number of phenols is 1. The Balaban J connectivity index is 2.28. The lowest BCUT2D eigenvalue weighted by molar-refractivity contribution is 0.306. The Morgan fingerprint density at radius 1 is 1.56 bits per heavy atom. The fraction of sp³-hybridized carbons (Fsp3) is 0.500. The minimum absolute atomic E-state index is 0.207. The van der Waals surface area contributed by atoms with Crippen molar-refractivity contribution in [2.24, 2.45) is 11.7 Å². The molecule has 0 radical (unpaired) electrons. The summed E-state index contributed by atoms with van der Waals surface area (Å²) in [7, 11) is 2.06. The molecule has 0 saturated carbocycles. The van der Waals surface area contributed by atoms with E-state index in [0.717, 1.165) is 18.5 Å². The number of para-hydroxylation sites is 1. The molecular weight excluding hydrogens is 224 g/mol. The molecule has 0 aliphatic carbocycles. The van der Waals surface area contributed by atoms with Crippen LogP contribution in [0.5, 0.6) is 5.75 Å². The highest BCUT2D eigenvalue weighted by molar-refractivity contribution is 6.32. The predicted molar refractivity (Wildman–Crippen MR) is 65.6 cm³/mol. The SMILES string of the molecule is CN1CC(CN)CC1c1cccc(Cl)c1O. The van der Waals surface area contributed by atoms with Gasteiger partial charge in [-0.2, -0.15) is 0 Å². The molecule has 1 aromatic rings. The maximum absolute atomic E-state index is 9.94. The molecule has 3 N–H and O–H groups in total. The summed E-state index contributed by atoms with van der Waals surface area (Å²) in [4.78, 5) is 2.23. The average Bonchev–Trinajstić information content (AvgIpc) is 2.64. The van der Waals surface area contributed by atoms with Gasteiger partial charge in [0, 0.05) is 18.2 Å². The first-order chi connectivity index (χ1) is 7.63. The predicted octanol–water partition coefficient (Wildman–Crippen LogP) is 2.00. The van der Waals surface area contributed by atoms with E-state index in [9.17, 15) is 5.11 Å². The van der Waals surface area contributed by atoms with Gasteiger partial charge in [0.15, 0.2) is 0 Å². The first kappa shape index (κ1) is 11.7. The van der Waals surface area contributed by atoms with Crippen molar-refractivity contribution in [1.29, 1.82) is 0 Å². The number of halogens is 1. The van der Waals surface area contributed by atoms with E-state index in [4.69, 9.17) is 17.3 Å². The maximum atomic E-state index is 9.94. The van der Waals surface area contributed by atoms with E-state index in [1.807, 2.05) is 12.1 Å². The topological polar surface area (TPSA) is 49.5 Å². The number of nitrogens with zero attached hydrogens (tertiary/aromatic N) is 1. The quantitative estimate of drug-likeness (QED) is 0.831. The first-order valence-corrected chi connectivity index (χ1v) is 5.89. The standard InChI is InChI=1S/C12H17ClN2O/c1-15-7-8(6-14)5-11(15)9-3-2-4-10(13)12(9)16/h2-4,8,11,16H,5-7,14H2,1H3. The van der Waals surface area contributed by atoms with Gasteiger partial charge >= 0.3 is 0 Å². The molecule has 1 aliphatic heterocycles. The van der Waals surface area contributed by atoms with E-state index < -0.39 is 0 Å². The molecule has 1 aromatic carbocycles. The van der Waals surface area contributed by atoms with Crippen molar-refractivity contribution in [3.05, 3.63) is 28.8 Å². The summed E-state index contributed by atoms with van der Waals surface area (Å²) >= 11 is 5.92. The molecule has 2 unspecified atom stereocenters. The smallest absolute Gasteiger partial charge is 0.138 e. The van der Waals surface area contributed by atoms with Gasteiger partial charge in [-0.15, -0.1) is 0 Å². The Morgan fingerprint density at radius 3 is 2.94 bits per heavy atom. The van der Waals surface area contributed by atoms with Crippen molar-refractivity contribution in [3.63, 3.8) is 0 Å². The normalized spacial score (nSPS) is 26.2. The van der Waals surface area contributed by atoms with Gasteiger partial charge in [-0.1, -0.05) is 23.7 Å². The number of hydrogen-bond acceptors (Lipinski definition) is 3. The minimum Gasteiger partial charge on any atom is -0.506 e. The molecule has 0 spiro atoms. The van der Waals surface area contributed by atoms with Crippen molar-refractivity contribution < 1.29 is 5.11 Å². The zero-order valence-corrected chi connectivity index (χ0v) is 10.1. The van der Waals surface area contributed by atoms with Crippen LogP contribution in [0.1, 0.15) is 18.0 Å². The number of hydrogen-bond donors (Lipinski definition) is 2. The third kappa shape index (κ3) is 2.03. The molecule has 1 fully saturated rings. The van der Waals surface area contributed by atoms with Crippen molar-refractivity contribution in [1.82, 2.24) is 4.90 Å². The van der Waals surface area contributed by atoms with Gasteiger partial charge in [0.2, 0.25) is 0 Å². The molecule has 3 nitrogen and oxygen atoms in total. The van der Waals surface area contributed by atoms with Crippen LogP contribution in [-0.4, -0.2) is 30.1 Å². The molecule has 0 amide bonds. The van der Waals surface area contributed by atoms with Gasteiger partial charge < -0.3 is 10.8 Å². The molecule has 0 aromatic heterocycles. The Bertz CT molecular complexity index is 383. The van der Waals surface area contributed by atoms with Crippen LogP contribution in [0.25, 0.3) is 0 Å². The highest BCUT2D eigenvalue weighted by atomic mass is 35.5. The second-order valence-corrected chi connectivity index (χ2v) is 4.88. The zero-order valence-electron chi connectivity index (χ0n) is 9.36. The summed E-state index contributed by atoms with van der Waals surface area (Å²) in [6, 6.07) is 5.74. The summed E-state index contributed by atoms with van der Waals surface area (Å²) in [5.41, 5.74) is 6.60. The summed E-state index contributed by atoms with van der Waals surface area (Å²) in [5.74, 6) is 0.715.